The Labute approximate surface area is 358 Å². The van der Waals surface area contributed by atoms with Gasteiger partial charge in [-0.15, -0.1) is 0 Å². The average molecular weight is 840 g/mol. The van der Waals surface area contributed by atoms with E-state index < -0.39 is 5.97 Å². The normalized spacial score (nSPS) is 11.2. The topological polar surface area (TPSA) is 149 Å². The summed E-state index contributed by atoms with van der Waals surface area (Å²) in [6.45, 7) is 2.51. The first-order valence-corrected chi connectivity index (χ1v) is 20.2. The fourth-order valence-corrected chi connectivity index (χ4v) is 7.71. The number of benzene rings is 5. The molecule has 7 rings (SSSR count). The predicted molar refractivity (Wildman–Crippen MR) is 237 cm³/mol. The van der Waals surface area contributed by atoms with Gasteiger partial charge in [-0.3, -0.25) is 19.0 Å². The molecule has 1 aromatic heterocycles. The number of ether oxygens (including phenoxy) is 1. The van der Waals surface area contributed by atoms with Crippen LogP contribution in [0.3, 0.4) is 0 Å². The van der Waals surface area contributed by atoms with Gasteiger partial charge < -0.3 is 34.6 Å². The van der Waals surface area contributed by atoms with E-state index in [9.17, 15) is 24.3 Å². The number of halogens is 1. The maximum atomic E-state index is 13.7. The van der Waals surface area contributed by atoms with Crippen molar-refractivity contribution in [2.24, 2.45) is 0 Å². The number of aromatic nitrogens is 1. The van der Waals surface area contributed by atoms with Crippen molar-refractivity contribution in [2.45, 2.75) is 26.2 Å². The van der Waals surface area contributed by atoms with E-state index >= 15 is 0 Å². The Hall–Kier alpha value is -6.92. The van der Waals surface area contributed by atoms with Gasteiger partial charge in [0.2, 0.25) is 11.3 Å². The van der Waals surface area contributed by atoms with Gasteiger partial charge in [0.1, 0.15) is 31.2 Å². The van der Waals surface area contributed by atoms with Gasteiger partial charge in [0.25, 0.3) is 11.8 Å². The number of carboxylic acid groups (broad SMARTS) is 1. The number of carboxylic acids is 1. The van der Waals surface area contributed by atoms with E-state index in [4.69, 9.17) is 20.8 Å². The van der Waals surface area contributed by atoms with E-state index in [-0.39, 0.29) is 35.3 Å². The third-order valence-electron chi connectivity index (χ3n) is 10.9. The highest BCUT2D eigenvalue weighted by Crippen LogP contribution is 2.42. The smallest absolute Gasteiger partial charge is 0.262 e. The van der Waals surface area contributed by atoms with Crippen molar-refractivity contribution in [1.29, 1.82) is 0 Å². The van der Waals surface area contributed by atoms with Crippen molar-refractivity contribution in [3.05, 3.63) is 135 Å². The van der Waals surface area contributed by atoms with Gasteiger partial charge in [-0.2, -0.15) is 0 Å². The van der Waals surface area contributed by atoms with Crippen molar-refractivity contribution in [3.63, 3.8) is 0 Å². The minimum atomic E-state index is -1.37. The summed E-state index contributed by atoms with van der Waals surface area (Å²) in [7, 11) is 9.27. The molecular weight excluding hydrogens is 794 g/mol. The maximum absolute atomic E-state index is 13.7. The molecule has 0 saturated carbocycles. The molecule has 2 heterocycles. The van der Waals surface area contributed by atoms with Crippen LogP contribution in [0, 0.1) is 6.92 Å². The third-order valence-corrected chi connectivity index (χ3v) is 11.1. The van der Waals surface area contributed by atoms with E-state index in [0.717, 1.165) is 16.4 Å². The summed E-state index contributed by atoms with van der Waals surface area (Å²) in [5.74, 6) is -1.02. The minimum absolute atomic E-state index is 0.0467. The van der Waals surface area contributed by atoms with Gasteiger partial charge in [0.05, 0.1) is 31.1 Å². The van der Waals surface area contributed by atoms with E-state index in [1.54, 1.807) is 48.1 Å². The van der Waals surface area contributed by atoms with Crippen LogP contribution in [0.1, 0.15) is 55.2 Å². The molecule has 2 N–H and O–H groups in total. The van der Waals surface area contributed by atoms with Crippen LogP contribution in [-0.2, 0) is 11.2 Å². The Kier molecular flexibility index (Phi) is 12.3. The summed E-state index contributed by atoms with van der Waals surface area (Å²) in [5.41, 5.74) is 5.82. The van der Waals surface area contributed by atoms with Crippen molar-refractivity contribution in [1.82, 2.24) is 19.8 Å². The zero-order valence-electron chi connectivity index (χ0n) is 34.9. The molecule has 0 unspecified atom stereocenters. The molecule has 4 aromatic carbocycles. The number of hydrogen-bond acceptors (Lipinski definition) is 8. The number of unbranched alkanes of at least 4 members (excludes halogenated alkanes) is 1. The van der Waals surface area contributed by atoms with Crippen LogP contribution in [-0.4, -0.2) is 76.6 Å². The Morgan fingerprint density at radius 1 is 0.820 bits per heavy atom. The van der Waals surface area contributed by atoms with Crippen LogP contribution in [0.5, 0.6) is 5.75 Å². The third kappa shape index (κ3) is 8.71. The highest BCUT2D eigenvalue weighted by Gasteiger charge is 2.24. The van der Waals surface area contributed by atoms with Gasteiger partial charge in [0.15, 0.2) is 0 Å². The van der Waals surface area contributed by atoms with Gasteiger partial charge in [-0.05, 0) is 104 Å². The Balaban J connectivity index is 1.04. The lowest BCUT2D eigenvalue weighted by molar-refractivity contribution is -0.254. The summed E-state index contributed by atoms with van der Waals surface area (Å²) in [6, 6.07) is 28.0. The molecule has 0 radical (unpaired) electrons. The fraction of sp³-hybridized carbons (Fsp3) is 0.229. The molecule has 0 fully saturated rings. The van der Waals surface area contributed by atoms with Crippen LogP contribution in [0.2, 0.25) is 5.02 Å². The quantitative estimate of drug-likeness (QED) is 0.0799. The number of hydrogen-bond donors (Lipinski definition) is 2. The minimum Gasteiger partial charge on any atom is -0.545 e. The lowest BCUT2D eigenvalue weighted by Gasteiger charge is -2.20. The first-order valence-electron chi connectivity index (χ1n) is 19.8. The molecule has 312 valence electrons. The zero-order valence-corrected chi connectivity index (χ0v) is 35.6. The molecule has 12 nitrogen and oxygen atoms in total. The van der Waals surface area contributed by atoms with Gasteiger partial charge in [-0.25, -0.2) is 4.58 Å². The van der Waals surface area contributed by atoms with Gasteiger partial charge in [-0.1, -0.05) is 17.7 Å². The van der Waals surface area contributed by atoms with Crippen molar-refractivity contribution < 1.29 is 33.4 Å². The van der Waals surface area contributed by atoms with Gasteiger partial charge >= 0.3 is 0 Å². The van der Waals surface area contributed by atoms with E-state index in [1.165, 1.54) is 12.1 Å². The van der Waals surface area contributed by atoms with Crippen molar-refractivity contribution in [2.75, 3.05) is 53.3 Å². The molecule has 0 bridgehead atoms. The Bertz CT molecular complexity index is 2890. The van der Waals surface area contributed by atoms with E-state index in [0.29, 0.717) is 92.5 Å². The van der Waals surface area contributed by atoms with Crippen LogP contribution >= 0.6 is 11.6 Å². The monoisotopic (exact) mass is 839 g/mol. The Morgan fingerprint density at radius 2 is 1.54 bits per heavy atom. The van der Waals surface area contributed by atoms with Crippen LogP contribution < -0.4 is 35.3 Å². The zero-order chi connectivity index (χ0) is 43.5. The number of nitrogens with zero attached hydrogens (tertiary/aromatic N) is 3. The average Bonchev–Trinajstić information content (AvgIpc) is 3.52. The molecule has 0 atom stereocenters. The van der Waals surface area contributed by atoms with Crippen molar-refractivity contribution in [3.8, 4) is 28.2 Å². The molecule has 1 aliphatic heterocycles. The number of fused-ring (bicyclic) bond motifs is 3. The number of amides is 2. The van der Waals surface area contributed by atoms with Crippen molar-refractivity contribution >= 4 is 62.9 Å². The molecule has 61 heavy (non-hydrogen) atoms. The number of rotatable bonds is 13. The molecule has 2 amide bonds. The van der Waals surface area contributed by atoms with Gasteiger partial charge in [0, 0.05) is 94.3 Å². The molecule has 0 saturated heterocycles. The highest BCUT2D eigenvalue weighted by atomic mass is 35.5. The maximum Gasteiger partial charge on any atom is 0.262 e. The Morgan fingerprint density at radius 3 is 2.23 bits per heavy atom. The number of aromatic carboxylic acids is 1. The predicted octanol–water partition coefficient (Wildman–Crippen LogP) is 6.15. The molecule has 5 aromatic rings. The SMILES string of the molecule is COc1ccc2c(c1)c(CC(=O)NCCCCNC(=O)c1ccc(C(=O)[O-])c(-c3c4ccc(=[N+](C)C)cc-4oc4cc(N(C)C)ccc34)c1)c(C)n2C(=O)c1ccc(Cl)cc1. The lowest BCUT2D eigenvalue weighted by Crippen LogP contribution is -2.28. The summed E-state index contributed by atoms with van der Waals surface area (Å²) >= 11 is 6.06. The number of nitrogens with one attached hydrogen (secondary N) is 2. The van der Waals surface area contributed by atoms with Crippen LogP contribution in [0.4, 0.5) is 5.69 Å². The number of anilines is 1. The first kappa shape index (κ1) is 42.2. The molecule has 13 heteroatoms. The molecule has 0 spiro atoms. The standard InChI is InChI=1S/C48H46ClN5O7/c1-28-38(39-26-34(60-6)16-20-41(39)54(28)47(57)29-9-12-31(49)13-10-29)27-44(55)50-21-7-8-22-51-46(56)30-11-17-35(48(58)59)40(23-30)45-36-18-14-32(52(2)3)24-42(36)61-43-25-33(53(4)5)15-19-37(43)45/h9-20,23-26H,7-8,21-22,27H2,1-6H3,(H2-,50,51,55,56,58,59). The summed E-state index contributed by atoms with van der Waals surface area (Å²) in [4.78, 5) is 55.0. The summed E-state index contributed by atoms with van der Waals surface area (Å²) in [5, 5.41) is 21.3. The summed E-state index contributed by atoms with van der Waals surface area (Å²) < 4.78 is 15.4. The van der Waals surface area contributed by atoms with Crippen LogP contribution in [0.15, 0.2) is 101 Å². The van der Waals surface area contributed by atoms with Crippen LogP contribution in [0.25, 0.3) is 44.3 Å². The summed E-state index contributed by atoms with van der Waals surface area (Å²) in [6.07, 6.45) is 1.20. The molecular formula is C48H46ClN5O7. The largest absolute Gasteiger partial charge is 0.545 e. The van der Waals surface area contributed by atoms with E-state index in [1.807, 2.05) is 93.1 Å². The molecule has 1 aliphatic carbocycles. The number of carbonyl (C=O) groups is 4. The van der Waals surface area contributed by atoms with E-state index in [2.05, 4.69) is 10.6 Å². The number of methoxy groups -OCH3 is 1. The second-order valence-electron chi connectivity index (χ2n) is 15.3. The second kappa shape index (κ2) is 17.7. The first-order chi connectivity index (χ1) is 29.2. The second-order valence-corrected chi connectivity index (χ2v) is 15.7. The molecule has 2 aliphatic rings. The lowest BCUT2D eigenvalue weighted by atomic mass is 9.89. The fourth-order valence-electron chi connectivity index (χ4n) is 7.59. The number of carbonyl (C=O) groups excluding carboxylic acids is 4. The highest BCUT2D eigenvalue weighted by molar-refractivity contribution is 6.30.